The molecule has 0 radical (unpaired) electrons. The highest BCUT2D eigenvalue weighted by atomic mass is 32.2. The van der Waals surface area contributed by atoms with Gasteiger partial charge in [-0.25, -0.2) is 8.42 Å². The molecular formula is C28H39N3O4S. The van der Waals surface area contributed by atoms with Crippen molar-refractivity contribution in [2.24, 2.45) is 0 Å². The molecule has 1 N–H and O–H groups in total. The van der Waals surface area contributed by atoms with Crippen molar-refractivity contribution in [3.05, 3.63) is 65.2 Å². The molecule has 0 heterocycles. The van der Waals surface area contributed by atoms with Gasteiger partial charge in [0.25, 0.3) is 0 Å². The lowest BCUT2D eigenvalue weighted by molar-refractivity contribution is -0.140. The first-order valence-corrected chi connectivity index (χ1v) is 14.7. The number of carbonyl (C=O) groups excluding carboxylic acids is 2. The number of para-hydroxylation sites is 1. The Bertz CT molecular complexity index is 1160. The minimum absolute atomic E-state index is 0.131. The van der Waals surface area contributed by atoms with Crippen LogP contribution in [0.1, 0.15) is 62.6 Å². The van der Waals surface area contributed by atoms with Crippen LogP contribution >= 0.6 is 0 Å². The summed E-state index contributed by atoms with van der Waals surface area (Å²) < 4.78 is 26.8. The number of nitrogens with zero attached hydrogens (tertiary/aromatic N) is 2. The number of rotatable bonds is 11. The van der Waals surface area contributed by atoms with Crippen LogP contribution in [0.15, 0.2) is 48.5 Å². The Kier molecular flexibility index (Phi) is 9.54. The predicted octanol–water partition coefficient (Wildman–Crippen LogP) is 4.19. The fourth-order valence-corrected chi connectivity index (χ4v) is 5.82. The molecule has 36 heavy (non-hydrogen) atoms. The van der Waals surface area contributed by atoms with Crippen molar-refractivity contribution in [1.82, 2.24) is 10.2 Å². The molecule has 1 atom stereocenters. The summed E-state index contributed by atoms with van der Waals surface area (Å²) in [6.07, 6.45) is 6.25. The second-order valence-corrected chi connectivity index (χ2v) is 11.6. The molecule has 1 fully saturated rings. The fraction of sp³-hybridized carbons (Fsp3) is 0.500. The average Bonchev–Trinajstić information content (AvgIpc) is 3.34. The number of carbonyl (C=O) groups is 2. The molecule has 8 heteroatoms. The Labute approximate surface area is 215 Å². The topological polar surface area (TPSA) is 86.8 Å². The smallest absolute Gasteiger partial charge is 0.244 e. The van der Waals surface area contributed by atoms with Crippen LogP contribution in [-0.4, -0.2) is 50.0 Å². The van der Waals surface area contributed by atoms with Crippen LogP contribution in [-0.2, 0) is 32.6 Å². The Balaban J connectivity index is 1.95. The van der Waals surface area contributed by atoms with E-state index < -0.39 is 22.0 Å². The van der Waals surface area contributed by atoms with Gasteiger partial charge in [-0.3, -0.25) is 13.9 Å². The van der Waals surface area contributed by atoms with Crippen molar-refractivity contribution in [3.63, 3.8) is 0 Å². The Hall–Kier alpha value is -2.87. The first kappa shape index (κ1) is 27.7. The molecule has 196 valence electrons. The normalized spacial score (nSPS) is 14.9. The molecule has 1 aliphatic carbocycles. The van der Waals surface area contributed by atoms with E-state index in [9.17, 15) is 18.0 Å². The summed E-state index contributed by atoms with van der Waals surface area (Å²) in [7, 11) is -3.74. The van der Waals surface area contributed by atoms with Gasteiger partial charge in [-0.2, -0.15) is 0 Å². The van der Waals surface area contributed by atoms with E-state index in [-0.39, 0.29) is 25.0 Å². The minimum atomic E-state index is -3.74. The van der Waals surface area contributed by atoms with Crippen LogP contribution in [0.25, 0.3) is 0 Å². The third kappa shape index (κ3) is 7.09. The van der Waals surface area contributed by atoms with Crippen molar-refractivity contribution in [2.45, 2.75) is 77.9 Å². The van der Waals surface area contributed by atoms with Crippen LogP contribution in [0.4, 0.5) is 5.69 Å². The lowest BCUT2D eigenvalue weighted by atomic mass is 10.1. The maximum Gasteiger partial charge on any atom is 0.244 e. The van der Waals surface area contributed by atoms with Crippen LogP contribution < -0.4 is 9.62 Å². The lowest BCUT2D eigenvalue weighted by Gasteiger charge is -2.34. The summed E-state index contributed by atoms with van der Waals surface area (Å²) in [6.45, 7) is 5.67. The second-order valence-electron chi connectivity index (χ2n) is 9.68. The highest BCUT2D eigenvalue weighted by Crippen LogP contribution is 2.25. The van der Waals surface area contributed by atoms with E-state index in [0.29, 0.717) is 18.5 Å². The number of amides is 2. The third-order valence-electron chi connectivity index (χ3n) is 6.84. The number of aryl methyl sites for hydroxylation is 2. The number of hydrogen-bond acceptors (Lipinski definition) is 4. The maximum atomic E-state index is 13.8. The monoisotopic (exact) mass is 513 g/mol. The van der Waals surface area contributed by atoms with Crippen molar-refractivity contribution in [2.75, 3.05) is 17.1 Å². The van der Waals surface area contributed by atoms with E-state index in [1.54, 1.807) is 17.0 Å². The van der Waals surface area contributed by atoms with Crippen LogP contribution in [0, 0.1) is 6.92 Å². The van der Waals surface area contributed by atoms with Gasteiger partial charge in [0, 0.05) is 12.6 Å². The molecule has 3 rings (SSSR count). The highest BCUT2D eigenvalue weighted by Gasteiger charge is 2.33. The molecule has 0 spiro atoms. The first-order chi connectivity index (χ1) is 17.1. The summed E-state index contributed by atoms with van der Waals surface area (Å²) in [5.41, 5.74) is 3.29. The van der Waals surface area contributed by atoms with E-state index in [4.69, 9.17) is 0 Å². The SMILES string of the molecule is CCc1ccccc1N(CC(=O)N(Cc1cccc(C)c1)[C@H](CC)C(=O)NC1CCCC1)S(C)(=O)=O. The largest absolute Gasteiger partial charge is 0.352 e. The number of hydrogen-bond donors (Lipinski definition) is 1. The molecule has 2 aromatic rings. The van der Waals surface area contributed by atoms with Gasteiger partial charge in [0.2, 0.25) is 21.8 Å². The van der Waals surface area contributed by atoms with Gasteiger partial charge in [0.05, 0.1) is 11.9 Å². The molecule has 2 aromatic carbocycles. The van der Waals surface area contributed by atoms with E-state index in [1.807, 2.05) is 57.2 Å². The molecule has 0 saturated heterocycles. The first-order valence-electron chi connectivity index (χ1n) is 12.8. The van der Waals surface area contributed by atoms with Crippen LogP contribution in [0.5, 0.6) is 0 Å². The molecule has 0 bridgehead atoms. The molecule has 0 aromatic heterocycles. The van der Waals surface area contributed by atoms with E-state index in [0.717, 1.165) is 48.6 Å². The summed E-state index contributed by atoms with van der Waals surface area (Å²) in [5.74, 6) is -0.577. The number of anilines is 1. The quantitative estimate of drug-likeness (QED) is 0.488. The molecule has 1 aliphatic rings. The van der Waals surface area contributed by atoms with Crippen molar-refractivity contribution in [3.8, 4) is 0 Å². The Morgan fingerprint density at radius 1 is 1.06 bits per heavy atom. The van der Waals surface area contributed by atoms with Gasteiger partial charge >= 0.3 is 0 Å². The fourth-order valence-electron chi connectivity index (χ4n) is 4.94. The molecule has 0 aliphatic heterocycles. The van der Waals surface area contributed by atoms with Crippen molar-refractivity contribution in [1.29, 1.82) is 0 Å². The summed E-state index contributed by atoms with van der Waals surface area (Å²) in [6, 6.07) is 14.5. The molecule has 0 unspecified atom stereocenters. The van der Waals surface area contributed by atoms with Gasteiger partial charge in [0.15, 0.2) is 0 Å². The summed E-state index contributed by atoms with van der Waals surface area (Å²) in [4.78, 5) is 28.7. The van der Waals surface area contributed by atoms with Gasteiger partial charge in [0.1, 0.15) is 12.6 Å². The third-order valence-corrected chi connectivity index (χ3v) is 7.97. The minimum Gasteiger partial charge on any atom is -0.352 e. The molecule has 2 amide bonds. The van der Waals surface area contributed by atoms with Crippen molar-refractivity contribution < 1.29 is 18.0 Å². The van der Waals surface area contributed by atoms with Gasteiger partial charge in [-0.15, -0.1) is 0 Å². The standard InChI is InChI=1S/C28H39N3O4S/c1-5-23-14-7-10-17-26(23)31(36(4,34)35)20-27(32)30(19-22-13-11-12-21(3)18-22)25(6-2)28(33)29-24-15-8-9-16-24/h7,10-14,17-18,24-25H,5-6,8-9,15-16,19-20H2,1-4H3,(H,29,33)/t25-/m1/s1. The van der Waals surface area contributed by atoms with E-state index in [2.05, 4.69) is 5.32 Å². The average molecular weight is 514 g/mol. The van der Waals surface area contributed by atoms with Crippen molar-refractivity contribution >= 4 is 27.5 Å². The summed E-state index contributed by atoms with van der Waals surface area (Å²) >= 11 is 0. The van der Waals surface area contributed by atoms with E-state index >= 15 is 0 Å². The van der Waals surface area contributed by atoms with E-state index in [1.165, 1.54) is 4.31 Å². The zero-order chi connectivity index (χ0) is 26.3. The van der Waals surface area contributed by atoms with Gasteiger partial charge < -0.3 is 10.2 Å². The number of sulfonamides is 1. The number of benzene rings is 2. The van der Waals surface area contributed by atoms with Gasteiger partial charge in [-0.05, 0) is 49.8 Å². The molecular weight excluding hydrogens is 474 g/mol. The van der Waals surface area contributed by atoms with Crippen LogP contribution in [0.3, 0.4) is 0 Å². The highest BCUT2D eigenvalue weighted by molar-refractivity contribution is 7.92. The number of nitrogens with one attached hydrogen (secondary N) is 1. The zero-order valence-corrected chi connectivity index (χ0v) is 22.7. The lowest BCUT2D eigenvalue weighted by Crippen LogP contribution is -2.53. The zero-order valence-electron chi connectivity index (χ0n) is 21.9. The van der Waals surface area contributed by atoms with Gasteiger partial charge in [-0.1, -0.05) is 74.7 Å². The molecule has 7 nitrogen and oxygen atoms in total. The summed E-state index contributed by atoms with van der Waals surface area (Å²) in [5, 5.41) is 3.13. The Morgan fingerprint density at radius 2 is 1.75 bits per heavy atom. The second kappa shape index (κ2) is 12.4. The molecule has 1 saturated carbocycles. The maximum absolute atomic E-state index is 13.8. The van der Waals surface area contributed by atoms with Crippen LogP contribution in [0.2, 0.25) is 0 Å². The Morgan fingerprint density at radius 3 is 2.36 bits per heavy atom. The predicted molar refractivity (Wildman–Crippen MR) is 144 cm³/mol.